The van der Waals surface area contributed by atoms with Gasteiger partial charge in [0.25, 0.3) is 0 Å². The van der Waals surface area contributed by atoms with Gasteiger partial charge in [-0.3, -0.25) is 9.89 Å². The lowest BCUT2D eigenvalue weighted by Crippen LogP contribution is -2.46. The third kappa shape index (κ3) is 4.47. The van der Waals surface area contributed by atoms with Gasteiger partial charge < -0.3 is 24.4 Å². The smallest absolute Gasteiger partial charge is 0.193 e. The molecule has 1 aromatic carbocycles. The molecule has 2 saturated heterocycles. The molecule has 3 aliphatic heterocycles. The van der Waals surface area contributed by atoms with E-state index in [0.717, 1.165) is 69.6 Å². The molecule has 3 heterocycles. The lowest BCUT2D eigenvalue weighted by molar-refractivity contribution is 0.0195. The Labute approximate surface area is 171 Å². The zero-order valence-electron chi connectivity index (χ0n) is 16.5. The SMILES string of the molecule is CN=C(NCCc1cc(Cl)c2c(c1)OCCO2)N1CCC(N2CCOCC2)C1. The Bertz CT molecular complexity index is 709. The molecular formula is C20H29ClN4O3. The second kappa shape index (κ2) is 9.20. The maximum atomic E-state index is 6.34. The van der Waals surface area contributed by atoms with Crippen molar-refractivity contribution in [2.45, 2.75) is 18.9 Å². The maximum absolute atomic E-state index is 6.34. The van der Waals surface area contributed by atoms with Crippen LogP contribution >= 0.6 is 11.6 Å². The van der Waals surface area contributed by atoms with Crippen LogP contribution in [-0.4, -0.2) is 88.0 Å². The van der Waals surface area contributed by atoms with Crippen LogP contribution in [0, 0.1) is 0 Å². The fraction of sp³-hybridized carbons (Fsp3) is 0.650. The van der Waals surface area contributed by atoms with E-state index < -0.39 is 0 Å². The topological polar surface area (TPSA) is 58.6 Å². The number of fused-ring (bicyclic) bond motifs is 1. The molecule has 0 aromatic heterocycles. The molecule has 1 unspecified atom stereocenters. The van der Waals surface area contributed by atoms with Crippen molar-refractivity contribution in [1.82, 2.24) is 15.1 Å². The van der Waals surface area contributed by atoms with E-state index in [2.05, 4.69) is 20.1 Å². The van der Waals surface area contributed by atoms with E-state index in [1.165, 1.54) is 6.42 Å². The van der Waals surface area contributed by atoms with Gasteiger partial charge in [-0.25, -0.2) is 0 Å². The monoisotopic (exact) mass is 408 g/mol. The number of benzene rings is 1. The summed E-state index contributed by atoms with van der Waals surface area (Å²) in [5, 5.41) is 4.12. The first kappa shape index (κ1) is 19.6. The highest BCUT2D eigenvalue weighted by atomic mass is 35.5. The molecule has 2 fully saturated rings. The number of halogens is 1. The minimum Gasteiger partial charge on any atom is -0.486 e. The van der Waals surface area contributed by atoms with Crippen LogP contribution in [0.5, 0.6) is 11.5 Å². The van der Waals surface area contributed by atoms with Crippen LogP contribution in [0.25, 0.3) is 0 Å². The third-order valence-electron chi connectivity index (χ3n) is 5.59. The van der Waals surface area contributed by atoms with Crippen LogP contribution in [0.3, 0.4) is 0 Å². The highest BCUT2D eigenvalue weighted by molar-refractivity contribution is 6.32. The first-order chi connectivity index (χ1) is 13.7. The molecular weight excluding hydrogens is 380 g/mol. The molecule has 4 rings (SSSR count). The number of ether oxygens (including phenoxy) is 3. The van der Waals surface area contributed by atoms with Crippen molar-refractivity contribution in [3.05, 3.63) is 22.7 Å². The Balaban J connectivity index is 1.29. The molecule has 154 valence electrons. The number of nitrogens with one attached hydrogen (secondary N) is 1. The van der Waals surface area contributed by atoms with Gasteiger partial charge in [0, 0.05) is 45.8 Å². The molecule has 0 radical (unpaired) electrons. The van der Waals surface area contributed by atoms with Gasteiger partial charge in [0.1, 0.15) is 13.2 Å². The number of guanidine groups is 1. The number of rotatable bonds is 4. The van der Waals surface area contributed by atoms with Crippen LogP contribution < -0.4 is 14.8 Å². The Morgan fingerprint density at radius 3 is 2.82 bits per heavy atom. The van der Waals surface area contributed by atoms with Crippen molar-refractivity contribution in [2.75, 3.05) is 66.2 Å². The van der Waals surface area contributed by atoms with Gasteiger partial charge in [0.15, 0.2) is 17.5 Å². The predicted octanol–water partition coefficient (Wildman–Crippen LogP) is 1.64. The summed E-state index contributed by atoms with van der Waals surface area (Å²) in [6.45, 7) is 7.74. The molecule has 0 aliphatic carbocycles. The molecule has 8 heteroatoms. The van der Waals surface area contributed by atoms with Gasteiger partial charge in [-0.1, -0.05) is 11.6 Å². The first-order valence-electron chi connectivity index (χ1n) is 10.1. The van der Waals surface area contributed by atoms with E-state index in [0.29, 0.717) is 30.0 Å². The number of morpholine rings is 1. The minimum absolute atomic E-state index is 0.547. The fourth-order valence-corrected chi connectivity index (χ4v) is 4.42. The second-order valence-corrected chi connectivity index (χ2v) is 7.77. The van der Waals surface area contributed by atoms with E-state index in [4.69, 9.17) is 25.8 Å². The van der Waals surface area contributed by atoms with Crippen LogP contribution in [0.2, 0.25) is 5.02 Å². The molecule has 0 saturated carbocycles. The maximum Gasteiger partial charge on any atom is 0.193 e. The lowest BCUT2D eigenvalue weighted by atomic mass is 10.1. The number of hydrogen-bond donors (Lipinski definition) is 1. The van der Waals surface area contributed by atoms with Crippen LogP contribution in [0.15, 0.2) is 17.1 Å². The summed E-state index contributed by atoms with van der Waals surface area (Å²) in [6.07, 6.45) is 2.02. The highest BCUT2D eigenvalue weighted by Crippen LogP contribution is 2.38. The first-order valence-corrected chi connectivity index (χ1v) is 10.5. The highest BCUT2D eigenvalue weighted by Gasteiger charge is 2.30. The second-order valence-electron chi connectivity index (χ2n) is 7.36. The summed E-state index contributed by atoms with van der Waals surface area (Å²) in [6, 6.07) is 4.58. The molecule has 0 spiro atoms. The van der Waals surface area contributed by atoms with Crippen LogP contribution in [-0.2, 0) is 11.2 Å². The van der Waals surface area contributed by atoms with Crippen molar-refractivity contribution in [1.29, 1.82) is 0 Å². The van der Waals surface area contributed by atoms with Gasteiger partial charge in [-0.05, 0) is 30.5 Å². The van der Waals surface area contributed by atoms with E-state index in [-0.39, 0.29) is 0 Å². The van der Waals surface area contributed by atoms with E-state index in [1.54, 1.807) is 0 Å². The van der Waals surface area contributed by atoms with E-state index in [9.17, 15) is 0 Å². The minimum atomic E-state index is 0.547. The Morgan fingerprint density at radius 2 is 2.00 bits per heavy atom. The molecule has 3 aliphatic rings. The Kier molecular flexibility index (Phi) is 6.44. The van der Waals surface area contributed by atoms with Crippen molar-refractivity contribution < 1.29 is 14.2 Å². The Morgan fingerprint density at radius 1 is 1.18 bits per heavy atom. The van der Waals surface area contributed by atoms with Crippen molar-refractivity contribution >= 4 is 17.6 Å². The normalized spacial score (nSPS) is 23.1. The molecule has 1 atom stereocenters. The predicted molar refractivity (Wildman–Crippen MR) is 110 cm³/mol. The quantitative estimate of drug-likeness (QED) is 0.603. The number of likely N-dealkylation sites (tertiary alicyclic amines) is 1. The van der Waals surface area contributed by atoms with Crippen LogP contribution in [0.1, 0.15) is 12.0 Å². The summed E-state index contributed by atoms with van der Waals surface area (Å²) in [5.74, 6) is 2.37. The number of nitrogens with zero attached hydrogens (tertiary/aromatic N) is 3. The average Bonchev–Trinajstić information content (AvgIpc) is 3.22. The summed E-state index contributed by atoms with van der Waals surface area (Å²) in [7, 11) is 1.85. The van der Waals surface area contributed by atoms with Gasteiger partial charge in [0.2, 0.25) is 0 Å². The molecule has 7 nitrogen and oxygen atoms in total. The molecule has 28 heavy (non-hydrogen) atoms. The van der Waals surface area contributed by atoms with Gasteiger partial charge in [0.05, 0.1) is 18.2 Å². The lowest BCUT2D eigenvalue weighted by Gasteiger charge is -2.32. The number of hydrogen-bond acceptors (Lipinski definition) is 5. The molecule has 1 aromatic rings. The largest absolute Gasteiger partial charge is 0.486 e. The summed E-state index contributed by atoms with van der Waals surface area (Å²) < 4.78 is 16.7. The molecule has 0 amide bonds. The van der Waals surface area contributed by atoms with Crippen LogP contribution in [0.4, 0.5) is 0 Å². The van der Waals surface area contributed by atoms with E-state index >= 15 is 0 Å². The summed E-state index contributed by atoms with van der Waals surface area (Å²) in [4.78, 5) is 9.39. The summed E-state index contributed by atoms with van der Waals surface area (Å²) in [5.41, 5.74) is 1.13. The molecule has 0 bridgehead atoms. The van der Waals surface area contributed by atoms with Crippen molar-refractivity contribution in [3.63, 3.8) is 0 Å². The fourth-order valence-electron chi connectivity index (χ4n) is 4.13. The van der Waals surface area contributed by atoms with Gasteiger partial charge >= 0.3 is 0 Å². The van der Waals surface area contributed by atoms with Crippen molar-refractivity contribution in [2.24, 2.45) is 4.99 Å². The zero-order chi connectivity index (χ0) is 19.3. The third-order valence-corrected chi connectivity index (χ3v) is 5.87. The standard InChI is InChI=1S/C20H29ClN4O3/c1-22-20(25-5-3-16(14-25)24-6-8-26-9-7-24)23-4-2-15-12-17(21)19-18(13-15)27-10-11-28-19/h12-13,16H,2-11,14H2,1H3,(H,22,23). The van der Waals surface area contributed by atoms with Crippen molar-refractivity contribution in [3.8, 4) is 11.5 Å². The number of aliphatic imine (C=N–C) groups is 1. The average molecular weight is 409 g/mol. The summed E-state index contributed by atoms with van der Waals surface area (Å²) >= 11 is 6.34. The van der Waals surface area contributed by atoms with Gasteiger partial charge in [-0.2, -0.15) is 0 Å². The zero-order valence-corrected chi connectivity index (χ0v) is 17.2. The Hall–Kier alpha value is -1.70. The molecule has 1 N–H and O–H groups in total. The van der Waals surface area contributed by atoms with E-state index in [1.807, 2.05) is 19.2 Å². The van der Waals surface area contributed by atoms with Gasteiger partial charge in [-0.15, -0.1) is 0 Å².